The molecule has 0 aliphatic carbocycles. The maximum atomic E-state index is 12.5. The summed E-state index contributed by atoms with van der Waals surface area (Å²) in [4.78, 5) is 15.1. The first-order valence-electron chi connectivity index (χ1n) is 5.95. The molecule has 0 saturated carbocycles. The van der Waals surface area contributed by atoms with Gasteiger partial charge in [0, 0.05) is 11.8 Å². The van der Waals surface area contributed by atoms with E-state index in [0.29, 0.717) is 0 Å². The molecule has 0 aliphatic heterocycles. The molecule has 116 valence electrons. The van der Waals surface area contributed by atoms with E-state index >= 15 is 0 Å². The molecule has 0 radical (unpaired) electrons. The van der Waals surface area contributed by atoms with E-state index in [2.05, 4.69) is 9.72 Å². The van der Waals surface area contributed by atoms with Crippen LogP contribution >= 0.6 is 0 Å². The van der Waals surface area contributed by atoms with Crippen LogP contribution in [0.25, 0.3) is 11.1 Å². The normalized spacial score (nSPS) is 11.1. The van der Waals surface area contributed by atoms with Crippen LogP contribution in [0, 0.1) is 0 Å². The molecule has 22 heavy (non-hydrogen) atoms. The highest BCUT2D eigenvalue weighted by atomic mass is 19.4. The minimum absolute atomic E-state index is 0.0813. The van der Waals surface area contributed by atoms with Gasteiger partial charge in [0.15, 0.2) is 0 Å². The molecule has 1 N–H and O–H groups in total. The molecule has 1 heterocycles. The van der Waals surface area contributed by atoms with Crippen molar-refractivity contribution in [1.29, 1.82) is 0 Å². The molecule has 1 aromatic heterocycles. The predicted molar refractivity (Wildman–Crippen MR) is 69.9 cm³/mol. The van der Waals surface area contributed by atoms with E-state index < -0.39 is 18.1 Å². The number of para-hydroxylation sites is 1. The number of alkyl halides is 3. The van der Waals surface area contributed by atoms with Crippen LogP contribution in [0.15, 0.2) is 36.5 Å². The van der Waals surface area contributed by atoms with Crippen LogP contribution in [-0.4, -0.2) is 29.5 Å². The van der Waals surface area contributed by atoms with Gasteiger partial charge in [-0.25, -0.2) is 9.78 Å². The van der Waals surface area contributed by atoms with E-state index in [9.17, 15) is 23.1 Å². The summed E-state index contributed by atoms with van der Waals surface area (Å²) in [6, 6.07) is 6.35. The number of ether oxygens (including phenoxy) is 2. The summed E-state index contributed by atoms with van der Waals surface area (Å²) in [5.41, 5.74) is -0.412. The smallest absolute Gasteiger partial charge is 0.481 e. The molecule has 2 aromatic rings. The second-order valence-electron chi connectivity index (χ2n) is 4.09. The third-order valence-corrected chi connectivity index (χ3v) is 2.72. The quantitative estimate of drug-likeness (QED) is 0.937. The standard InChI is InChI=1S/C14H10F3NO4/c1-21-12-11(9(13(19)20)6-7-18-12)8-4-2-3-5-10(8)22-14(15,16)17/h2-7H,1H3,(H,19,20). The Morgan fingerprint density at radius 3 is 2.50 bits per heavy atom. The molecule has 0 fully saturated rings. The van der Waals surface area contributed by atoms with Crippen LogP contribution in [0.5, 0.6) is 11.6 Å². The topological polar surface area (TPSA) is 68.7 Å². The highest BCUT2D eigenvalue weighted by molar-refractivity contribution is 5.98. The fourth-order valence-corrected chi connectivity index (χ4v) is 1.92. The first-order valence-corrected chi connectivity index (χ1v) is 5.95. The number of aromatic carboxylic acids is 1. The molecule has 8 heteroatoms. The lowest BCUT2D eigenvalue weighted by molar-refractivity contribution is -0.274. The van der Waals surface area contributed by atoms with E-state index in [4.69, 9.17) is 4.74 Å². The van der Waals surface area contributed by atoms with Crippen LogP contribution in [0.2, 0.25) is 0 Å². The number of rotatable bonds is 4. The first-order chi connectivity index (χ1) is 10.3. The van der Waals surface area contributed by atoms with Gasteiger partial charge in [0.2, 0.25) is 5.88 Å². The zero-order valence-electron chi connectivity index (χ0n) is 11.2. The van der Waals surface area contributed by atoms with Crippen molar-refractivity contribution in [3.8, 4) is 22.8 Å². The zero-order valence-corrected chi connectivity index (χ0v) is 11.2. The van der Waals surface area contributed by atoms with E-state index in [1.807, 2.05) is 0 Å². The third-order valence-electron chi connectivity index (χ3n) is 2.72. The van der Waals surface area contributed by atoms with Crippen molar-refractivity contribution in [2.75, 3.05) is 7.11 Å². The lowest BCUT2D eigenvalue weighted by atomic mass is 10.0. The summed E-state index contributed by atoms with van der Waals surface area (Å²) in [6.07, 6.45) is -3.71. The number of methoxy groups -OCH3 is 1. The number of carboxylic acid groups (broad SMARTS) is 1. The number of aromatic nitrogens is 1. The highest BCUT2D eigenvalue weighted by Gasteiger charge is 2.33. The monoisotopic (exact) mass is 313 g/mol. The molecule has 0 unspecified atom stereocenters. The van der Waals surface area contributed by atoms with Crippen molar-refractivity contribution in [3.05, 3.63) is 42.1 Å². The zero-order chi connectivity index (χ0) is 16.3. The highest BCUT2D eigenvalue weighted by Crippen LogP contribution is 2.39. The summed E-state index contributed by atoms with van der Waals surface area (Å²) in [5.74, 6) is -1.97. The van der Waals surface area contributed by atoms with Crippen LogP contribution < -0.4 is 9.47 Å². The maximum Gasteiger partial charge on any atom is 0.573 e. The Kier molecular flexibility index (Phi) is 4.20. The molecule has 0 amide bonds. The summed E-state index contributed by atoms with van der Waals surface area (Å²) >= 11 is 0. The van der Waals surface area contributed by atoms with Gasteiger partial charge in [0.1, 0.15) is 5.75 Å². The lowest BCUT2D eigenvalue weighted by Crippen LogP contribution is -2.18. The number of carbonyl (C=O) groups is 1. The lowest BCUT2D eigenvalue weighted by Gasteiger charge is -2.16. The molecule has 0 atom stereocenters. The van der Waals surface area contributed by atoms with Crippen LogP contribution in [0.4, 0.5) is 13.2 Å². The third kappa shape index (κ3) is 3.27. The van der Waals surface area contributed by atoms with Crippen molar-refractivity contribution < 1.29 is 32.5 Å². The molecule has 5 nitrogen and oxygen atoms in total. The van der Waals surface area contributed by atoms with E-state index in [1.165, 1.54) is 37.6 Å². The second kappa shape index (κ2) is 5.92. The van der Waals surface area contributed by atoms with Gasteiger partial charge in [0.05, 0.1) is 18.2 Å². The molecular weight excluding hydrogens is 303 g/mol. The van der Waals surface area contributed by atoms with Crippen molar-refractivity contribution in [3.63, 3.8) is 0 Å². The van der Waals surface area contributed by atoms with Crippen LogP contribution in [0.3, 0.4) is 0 Å². The SMILES string of the molecule is COc1nccc(C(=O)O)c1-c1ccccc1OC(F)(F)F. The number of carboxylic acids is 1. The van der Waals surface area contributed by atoms with Crippen LogP contribution in [0.1, 0.15) is 10.4 Å². The fourth-order valence-electron chi connectivity index (χ4n) is 1.92. The molecule has 0 spiro atoms. The van der Waals surface area contributed by atoms with Gasteiger partial charge in [-0.3, -0.25) is 0 Å². The van der Waals surface area contributed by atoms with Gasteiger partial charge < -0.3 is 14.6 Å². The fraction of sp³-hybridized carbons (Fsp3) is 0.143. The average Bonchev–Trinajstić information content (AvgIpc) is 2.45. The summed E-state index contributed by atoms with van der Waals surface area (Å²) in [5, 5.41) is 9.22. The van der Waals surface area contributed by atoms with Crippen molar-refractivity contribution in [2.24, 2.45) is 0 Å². The number of pyridine rings is 1. The van der Waals surface area contributed by atoms with Gasteiger partial charge in [-0.2, -0.15) is 0 Å². The molecule has 1 aromatic carbocycles. The predicted octanol–water partition coefficient (Wildman–Crippen LogP) is 3.35. The van der Waals surface area contributed by atoms with E-state index in [1.54, 1.807) is 0 Å². The van der Waals surface area contributed by atoms with Crippen molar-refractivity contribution in [1.82, 2.24) is 4.98 Å². The van der Waals surface area contributed by atoms with Gasteiger partial charge in [-0.05, 0) is 12.1 Å². The van der Waals surface area contributed by atoms with Crippen LogP contribution in [-0.2, 0) is 0 Å². The molecular formula is C14H10F3NO4. The van der Waals surface area contributed by atoms with Gasteiger partial charge in [-0.15, -0.1) is 13.2 Å². The summed E-state index contributed by atoms with van der Waals surface area (Å²) < 4.78 is 46.4. The van der Waals surface area contributed by atoms with E-state index in [-0.39, 0.29) is 22.6 Å². The second-order valence-corrected chi connectivity index (χ2v) is 4.09. The number of hydrogen-bond donors (Lipinski definition) is 1. The number of benzene rings is 1. The Bertz CT molecular complexity index is 701. The molecule has 2 rings (SSSR count). The minimum Gasteiger partial charge on any atom is -0.481 e. The van der Waals surface area contributed by atoms with E-state index in [0.717, 1.165) is 6.07 Å². The minimum atomic E-state index is -4.91. The van der Waals surface area contributed by atoms with Crippen molar-refractivity contribution >= 4 is 5.97 Å². The molecule has 0 saturated heterocycles. The Morgan fingerprint density at radius 2 is 1.91 bits per heavy atom. The molecule has 0 aliphatic rings. The largest absolute Gasteiger partial charge is 0.573 e. The number of nitrogens with zero attached hydrogens (tertiary/aromatic N) is 1. The number of hydrogen-bond acceptors (Lipinski definition) is 4. The first kappa shape index (κ1) is 15.6. The maximum absolute atomic E-state index is 12.5. The Hall–Kier alpha value is -2.77. The van der Waals surface area contributed by atoms with Gasteiger partial charge in [0.25, 0.3) is 0 Å². The Morgan fingerprint density at radius 1 is 1.23 bits per heavy atom. The molecule has 0 bridgehead atoms. The van der Waals surface area contributed by atoms with Crippen molar-refractivity contribution in [2.45, 2.75) is 6.36 Å². The van der Waals surface area contributed by atoms with Gasteiger partial charge >= 0.3 is 12.3 Å². The average molecular weight is 313 g/mol. The van der Waals surface area contributed by atoms with Gasteiger partial charge in [-0.1, -0.05) is 18.2 Å². The number of halogens is 3. The summed E-state index contributed by atoms with van der Waals surface area (Å²) in [6.45, 7) is 0. The summed E-state index contributed by atoms with van der Waals surface area (Å²) in [7, 11) is 1.24. The Labute approximate surface area is 122 Å². The Balaban J connectivity index is 2.69.